The van der Waals surface area contributed by atoms with Crippen LogP contribution in [0.3, 0.4) is 0 Å². The van der Waals surface area contributed by atoms with E-state index in [-0.39, 0.29) is 18.6 Å². The summed E-state index contributed by atoms with van der Waals surface area (Å²) < 4.78 is 5.30. The molecular weight excluding hydrogens is 314 g/mol. The first kappa shape index (κ1) is 19.4. The molecule has 1 atom stereocenters. The molecule has 1 aromatic carbocycles. The number of aryl methyl sites for hydroxylation is 2. The van der Waals surface area contributed by atoms with Crippen molar-refractivity contribution >= 4 is 23.6 Å². The molecule has 0 saturated carbocycles. The maximum atomic E-state index is 12.7. The number of carboxylic acid groups (broad SMARTS) is 1. The number of aliphatic carboxylic acids is 1. The second-order valence-corrected chi connectivity index (χ2v) is 6.47. The van der Waals surface area contributed by atoms with Gasteiger partial charge in [0.1, 0.15) is 5.75 Å². The highest BCUT2D eigenvalue weighted by atomic mass is 32.2. The highest BCUT2D eigenvalue weighted by Crippen LogP contribution is 2.26. The number of benzene rings is 1. The molecule has 1 unspecified atom stereocenters. The Morgan fingerprint density at radius 3 is 2.30 bits per heavy atom. The maximum absolute atomic E-state index is 12.7. The molecule has 1 amide bonds. The van der Waals surface area contributed by atoms with Crippen molar-refractivity contribution in [2.45, 2.75) is 33.2 Å². The Kier molecular flexibility index (Phi) is 7.42. The third-order valence-corrected chi connectivity index (χ3v) is 4.46. The third kappa shape index (κ3) is 5.16. The molecule has 0 saturated heterocycles. The van der Waals surface area contributed by atoms with Crippen LogP contribution in [0.25, 0.3) is 0 Å². The third-order valence-electron chi connectivity index (χ3n) is 3.75. The van der Waals surface area contributed by atoms with E-state index in [1.807, 2.05) is 27.2 Å². The Morgan fingerprint density at radius 2 is 1.87 bits per heavy atom. The molecule has 23 heavy (non-hydrogen) atoms. The number of hydrogen-bond donors (Lipinski definition) is 1. The Bertz CT molecular complexity index is 551. The molecule has 0 bridgehead atoms. The van der Waals surface area contributed by atoms with E-state index in [9.17, 15) is 9.59 Å². The highest BCUT2D eigenvalue weighted by molar-refractivity contribution is 7.98. The molecule has 5 nitrogen and oxygen atoms in total. The van der Waals surface area contributed by atoms with Crippen LogP contribution in [-0.2, 0) is 4.79 Å². The van der Waals surface area contributed by atoms with Crippen molar-refractivity contribution < 1.29 is 19.4 Å². The fourth-order valence-corrected chi connectivity index (χ4v) is 3.34. The van der Waals surface area contributed by atoms with E-state index >= 15 is 0 Å². The van der Waals surface area contributed by atoms with E-state index in [1.165, 1.54) is 0 Å². The van der Waals surface area contributed by atoms with Crippen molar-refractivity contribution in [3.8, 4) is 5.75 Å². The van der Waals surface area contributed by atoms with Gasteiger partial charge in [0.15, 0.2) is 6.61 Å². The van der Waals surface area contributed by atoms with Crippen molar-refractivity contribution in [3.05, 3.63) is 28.8 Å². The molecular formula is C17H25NO4S. The van der Waals surface area contributed by atoms with Crippen LogP contribution in [0.15, 0.2) is 12.1 Å². The largest absolute Gasteiger partial charge is 0.481 e. The van der Waals surface area contributed by atoms with Gasteiger partial charge in [0.05, 0.1) is 0 Å². The lowest BCUT2D eigenvalue weighted by molar-refractivity contribution is -0.139. The number of nitrogens with zero attached hydrogens (tertiary/aromatic N) is 1. The average molecular weight is 339 g/mol. The summed E-state index contributed by atoms with van der Waals surface area (Å²) in [5.74, 6) is 0.382. The van der Waals surface area contributed by atoms with Crippen LogP contribution in [0.1, 0.15) is 34.8 Å². The van der Waals surface area contributed by atoms with Crippen molar-refractivity contribution in [2.75, 3.05) is 25.7 Å². The highest BCUT2D eigenvalue weighted by Gasteiger charge is 2.21. The van der Waals surface area contributed by atoms with Crippen molar-refractivity contribution in [1.29, 1.82) is 0 Å². The quantitative estimate of drug-likeness (QED) is 0.789. The van der Waals surface area contributed by atoms with Gasteiger partial charge in [-0.1, -0.05) is 6.92 Å². The van der Waals surface area contributed by atoms with Gasteiger partial charge in [-0.05, 0) is 49.8 Å². The topological polar surface area (TPSA) is 66.8 Å². The average Bonchev–Trinajstić information content (AvgIpc) is 2.49. The lowest BCUT2D eigenvalue weighted by atomic mass is 10.0. The molecule has 1 rings (SSSR count). The first-order valence-corrected chi connectivity index (χ1v) is 8.93. The monoisotopic (exact) mass is 339 g/mol. The van der Waals surface area contributed by atoms with Crippen LogP contribution < -0.4 is 4.74 Å². The van der Waals surface area contributed by atoms with Crippen LogP contribution in [0.2, 0.25) is 0 Å². The molecule has 0 aliphatic carbocycles. The summed E-state index contributed by atoms with van der Waals surface area (Å²) in [6.45, 7) is 5.32. The minimum absolute atomic E-state index is 0.0260. The Hall–Kier alpha value is -1.69. The molecule has 1 N–H and O–H groups in total. The van der Waals surface area contributed by atoms with Crippen LogP contribution in [0.5, 0.6) is 5.75 Å². The molecule has 0 aliphatic rings. The molecule has 6 heteroatoms. The molecule has 0 heterocycles. The SMILES string of the molecule is CCC(CSC)N(C)C(=O)c1cc(C)c(OCC(=O)O)c(C)c1. The van der Waals surface area contributed by atoms with E-state index in [2.05, 4.69) is 6.92 Å². The number of ether oxygens (including phenoxy) is 1. The number of carboxylic acids is 1. The lowest BCUT2D eigenvalue weighted by Crippen LogP contribution is -2.38. The number of hydrogen-bond acceptors (Lipinski definition) is 4. The molecule has 128 valence electrons. The van der Waals surface area contributed by atoms with Gasteiger partial charge in [0, 0.05) is 24.4 Å². The summed E-state index contributed by atoms with van der Waals surface area (Å²) in [6, 6.07) is 3.71. The first-order valence-electron chi connectivity index (χ1n) is 7.53. The van der Waals surface area contributed by atoms with E-state index in [4.69, 9.17) is 9.84 Å². The second-order valence-electron chi connectivity index (χ2n) is 5.56. The lowest BCUT2D eigenvalue weighted by Gasteiger charge is -2.27. The van der Waals surface area contributed by atoms with E-state index in [1.54, 1.807) is 28.8 Å². The molecule has 0 aromatic heterocycles. The van der Waals surface area contributed by atoms with Gasteiger partial charge in [-0.2, -0.15) is 11.8 Å². The van der Waals surface area contributed by atoms with Gasteiger partial charge in [0.25, 0.3) is 5.91 Å². The van der Waals surface area contributed by atoms with Gasteiger partial charge in [-0.15, -0.1) is 0 Å². The van der Waals surface area contributed by atoms with Gasteiger partial charge in [-0.3, -0.25) is 4.79 Å². The normalized spacial score (nSPS) is 11.9. The number of amides is 1. The van der Waals surface area contributed by atoms with Crippen LogP contribution in [0.4, 0.5) is 0 Å². The molecule has 1 aromatic rings. The molecule has 0 fully saturated rings. The smallest absolute Gasteiger partial charge is 0.341 e. The minimum Gasteiger partial charge on any atom is -0.481 e. The van der Waals surface area contributed by atoms with Crippen LogP contribution >= 0.6 is 11.8 Å². The van der Waals surface area contributed by atoms with Gasteiger partial charge in [0.2, 0.25) is 0 Å². The Morgan fingerprint density at radius 1 is 1.30 bits per heavy atom. The number of rotatable bonds is 8. The van der Waals surface area contributed by atoms with E-state index in [0.29, 0.717) is 11.3 Å². The summed E-state index contributed by atoms with van der Waals surface area (Å²) in [4.78, 5) is 25.1. The predicted octanol–water partition coefficient (Wildman–Crippen LogP) is 2.98. The molecule has 0 spiro atoms. The molecule has 0 radical (unpaired) electrons. The Labute approximate surface area is 142 Å². The summed E-state index contributed by atoms with van der Waals surface area (Å²) in [5.41, 5.74) is 2.13. The van der Waals surface area contributed by atoms with Crippen molar-refractivity contribution in [2.24, 2.45) is 0 Å². The van der Waals surface area contributed by atoms with E-state index < -0.39 is 5.97 Å². The van der Waals surface area contributed by atoms with Crippen LogP contribution in [0, 0.1) is 13.8 Å². The van der Waals surface area contributed by atoms with E-state index in [0.717, 1.165) is 23.3 Å². The van der Waals surface area contributed by atoms with Crippen molar-refractivity contribution in [1.82, 2.24) is 4.90 Å². The fourth-order valence-electron chi connectivity index (χ4n) is 2.50. The standard InChI is InChI=1S/C17H25NO4S/c1-6-14(10-23-5)18(4)17(21)13-7-11(2)16(12(3)8-13)22-9-15(19)20/h7-8,14H,6,9-10H2,1-5H3,(H,19,20). The number of carbonyl (C=O) groups is 2. The summed E-state index contributed by atoms with van der Waals surface area (Å²) in [7, 11) is 1.83. The fraction of sp³-hybridized carbons (Fsp3) is 0.529. The zero-order chi connectivity index (χ0) is 17.6. The molecule has 0 aliphatic heterocycles. The summed E-state index contributed by atoms with van der Waals surface area (Å²) in [6.07, 6.45) is 2.94. The zero-order valence-electron chi connectivity index (χ0n) is 14.4. The maximum Gasteiger partial charge on any atom is 0.341 e. The van der Waals surface area contributed by atoms with Gasteiger partial charge < -0.3 is 14.7 Å². The number of carbonyl (C=O) groups excluding carboxylic acids is 1. The van der Waals surface area contributed by atoms with Gasteiger partial charge in [-0.25, -0.2) is 4.79 Å². The second kappa shape index (κ2) is 8.82. The summed E-state index contributed by atoms with van der Waals surface area (Å²) in [5, 5.41) is 8.72. The predicted molar refractivity (Wildman–Crippen MR) is 93.6 cm³/mol. The zero-order valence-corrected chi connectivity index (χ0v) is 15.2. The minimum atomic E-state index is -1.02. The number of thioether (sulfide) groups is 1. The van der Waals surface area contributed by atoms with Crippen molar-refractivity contribution in [3.63, 3.8) is 0 Å². The Balaban J connectivity index is 3.00. The summed E-state index contributed by atoms with van der Waals surface area (Å²) >= 11 is 1.72. The first-order chi connectivity index (χ1) is 10.8. The van der Waals surface area contributed by atoms with Gasteiger partial charge >= 0.3 is 5.97 Å². The van der Waals surface area contributed by atoms with Crippen LogP contribution in [-0.4, -0.2) is 53.6 Å².